The molecule has 4 rings (SSSR count). The summed E-state index contributed by atoms with van der Waals surface area (Å²) >= 11 is 6.27. The molecule has 0 aliphatic rings. The first-order chi connectivity index (χ1) is 15.0. The first-order valence-corrected chi connectivity index (χ1v) is 10.0. The van der Waals surface area contributed by atoms with Crippen molar-refractivity contribution in [3.63, 3.8) is 0 Å². The first kappa shape index (κ1) is 20.6. The van der Waals surface area contributed by atoms with Crippen LogP contribution in [0.15, 0.2) is 71.5 Å². The second-order valence-electron chi connectivity index (χ2n) is 7.06. The molecule has 1 heterocycles. The van der Waals surface area contributed by atoms with E-state index in [0.29, 0.717) is 45.3 Å². The number of nitrogens with one attached hydrogen (secondary N) is 1. The van der Waals surface area contributed by atoms with Gasteiger partial charge in [0, 0.05) is 16.3 Å². The molecular formula is C24H20ClN3O3. The van der Waals surface area contributed by atoms with Crippen LogP contribution in [0, 0.1) is 6.92 Å². The third-order valence-electron chi connectivity index (χ3n) is 5.04. The van der Waals surface area contributed by atoms with Crippen molar-refractivity contribution in [3.05, 3.63) is 99.1 Å². The molecule has 156 valence electrons. The lowest BCUT2D eigenvalue weighted by Gasteiger charge is -2.13. The lowest BCUT2D eigenvalue weighted by molar-refractivity contribution is 0.102. The Kier molecular flexibility index (Phi) is 5.73. The zero-order valence-corrected chi connectivity index (χ0v) is 17.8. The summed E-state index contributed by atoms with van der Waals surface area (Å²) in [6.07, 6.45) is 0. The molecule has 0 radical (unpaired) electrons. The minimum absolute atomic E-state index is 0.192. The predicted octanol–water partition coefficient (Wildman–Crippen LogP) is 4.67. The van der Waals surface area contributed by atoms with Crippen LogP contribution in [0.4, 0.5) is 5.69 Å². The standard InChI is InChI=1S/C24H20ClN3O3/c1-15-26-22-12-9-18(27-23(29)16-7-10-19(31-2)11-8-16)13-20(22)24(30)28(15)14-17-5-3-4-6-21(17)25/h3-13H,14H2,1-2H3,(H,27,29). The molecule has 7 heteroatoms. The Morgan fingerprint density at radius 1 is 1.10 bits per heavy atom. The van der Waals surface area contributed by atoms with Crippen molar-refractivity contribution in [1.29, 1.82) is 0 Å². The van der Waals surface area contributed by atoms with E-state index < -0.39 is 0 Å². The van der Waals surface area contributed by atoms with Gasteiger partial charge in [-0.25, -0.2) is 4.98 Å². The molecule has 0 spiro atoms. The Balaban J connectivity index is 1.67. The van der Waals surface area contributed by atoms with Crippen LogP contribution in [0.1, 0.15) is 21.7 Å². The van der Waals surface area contributed by atoms with Crippen molar-refractivity contribution in [2.45, 2.75) is 13.5 Å². The number of carbonyl (C=O) groups is 1. The molecule has 4 aromatic rings. The van der Waals surface area contributed by atoms with E-state index in [4.69, 9.17) is 16.3 Å². The summed E-state index contributed by atoms with van der Waals surface area (Å²) in [5, 5.41) is 3.84. The van der Waals surface area contributed by atoms with E-state index >= 15 is 0 Å². The van der Waals surface area contributed by atoms with Crippen LogP contribution in [0.2, 0.25) is 5.02 Å². The quantitative estimate of drug-likeness (QED) is 0.496. The molecule has 6 nitrogen and oxygen atoms in total. The van der Waals surface area contributed by atoms with Crippen LogP contribution in [-0.4, -0.2) is 22.6 Å². The Hall–Kier alpha value is -3.64. The fraction of sp³-hybridized carbons (Fsp3) is 0.125. The average Bonchev–Trinajstić information content (AvgIpc) is 2.78. The lowest BCUT2D eigenvalue weighted by Crippen LogP contribution is -2.24. The molecule has 3 aromatic carbocycles. The molecule has 0 aliphatic carbocycles. The SMILES string of the molecule is COc1ccc(C(=O)Nc2ccc3nc(C)n(Cc4ccccc4Cl)c(=O)c3c2)cc1. The lowest BCUT2D eigenvalue weighted by atomic mass is 10.1. The summed E-state index contributed by atoms with van der Waals surface area (Å²) < 4.78 is 6.70. The number of methoxy groups -OCH3 is 1. The number of carbonyl (C=O) groups excluding carboxylic acids is 1. The maximum Gasteiger partial charge on any atom is 0.261 e. The maximum absolute atomic E-state index is 13.2. The van der Waals surface area contributed by atoms with Crippen LogP contribution < -0.4 is 15.6 Å². The number of aryl methyl sites for hydroxylation is 1. The Morgan fingerprint density at radius 3 is 2.55 bits per heavy atom. The van der Waals surface area contributed by atoms with Crippen molar-refractivity contribution < 1.29 is 9.53 Å². The topological polar surface area (TPSA) is 73.2 Å². The van der Waals surface area contributed by atoms with Crippen LogP contribution in [0.5, 0.6) is 5.75 Å². The highest BCUT2D eigenvalue weighted by Gasteiger charge is 2.12. The second kappa shape index (κ2) is 8.62. The molecule has 0 fully saturated rings. The zero-order chi connectivity index (χ0) is 22.0. The normalized spacial score (nSPS) is 10.8. The van der Waals surface area contributed by atoms with Crippen LogP contribution in [0.3, 0.4) is 0 Å². The number of benzene rings is 3. The molecular weight excluding hydrogens is 414 g/mol. The van der Waals surface area contributed by atoms with Gasteiger partial charge in [-0.3, -0.25) is 14.2 Å². The maximum atomic E-state index is 13.2. The van der Waals surface area contributed by atoms with Gasteiger partial charge in [0.1, 0.15) is 11.6 Å². The van der Waals surface area contributed by atoms with E-state index in [2.05, 4.69) is 10.3 Å². The van der Waals surface area contributed by atoms with Gasteiger partial charge in [0.05, 0.1) is 24.6 Å². The Labute approximate surface area is 184 Å². The molecule has 1 amide bonds. The van der Waals surface area contributed by atoms with Crippen LogP contribution in [-0.2, 0) is 6.54 Å². The van der Waals surface area contributed by atoms with Crippen molar-refractivity contribution >= 4 is 34.1 Å². The molecule has 31 heavy (non-hydrogen) atoms. The van der Waals surface area contributed by atoms with E-state index in [1.54, 1.807) is 67.1 Å². The summed E-state index contributed by atoms with van der Waals surface area (Å²) in [4.78, 5) is 30.3. The number of amides is 1. The molecule has 0 saturated heterocycles. The van der Waals surface area contributed by atoms with E-state index in [1.807, 2.05) is 18.2 Å². The summed E-state index contributed by atoms with van der Waals surface area (Å²) in [6.45, 7) is 2.10. The monoisotopic (exact) mass is 433 g/mol. The van der Waals surface area contributed by atoms with Crippen LogP contribution in [0.25, 0.3) is 10.9 Å². The highest BCUT2D eigenvalue weighted by atomic mass is 35.5. The smallest absolute Gasteiger partial charge is 0.261 e. The Morgan fingerprint density at radius 2 is 1.84 bits per heavy atom. The van der Waals surface area contributed by atoms with Gasteiger partial charge in [0.2, 0.25) is 0 Å². The van der Waals surface area contributed by atoms with Gasteiger partial charge in [-0.05, 0) is 61.0 Å². The summed E-state index contributed by atoms with van der Waals surface area (Å²) in [5.41, 5.74) is 2.21. The van der Waals surface area contributed by atoms with Gasteiger partial charge in [0.15, 0.2) is 0 Å². The van der Waals surface area contributed by atoms with E-state index in [9.17, 15) is 9.59 Å². The molecule has 0 aliphatic heterocycles. The van der Waals surface area contributed by atoms with Gasteiger partial charge in [0.25, 0.3) is 11.5 Å². The first-order valence-electron chi connectivity index (χ1n) is 9.66. The molecule has 1 aromatic heterocycles. The van der Waals surface area contributed by atoms with Gasteiger partial charge < -0.3 is 10.1 Å². The fourth-order valence-electron chi connectivity index (χ4n) is 3.34. The number of halogens is 1. The summed E-state index contributed by atoms with van der Waals surface area (Å²) in [5.74, 6) is 0.980. The number of hydrogen-bond donors (Lipinski definition) is 1. The van der Waals surface area contributed by atoms with E-state index in [1.165, 1.54) is 0 Å². The average molecular weight is 434 g/mol. The van der Waals surface area contributed by atoms with Gasteiger partial charge in [-0.15, -0.1) is 0 Å². The van der Waals surface area contributed by atoms with Crippen molar-refractivity contribution in [2.75, 3.05) is 12.4 Å². The number of hydrogen-bond acceptors (Lipinski definition) is 4. The largest absolute Gasteiger partial charge is 0.497 e. The van der Waals surface area contributed by atoms with Gasteiger partial charge >= 0.3 is 0 Å². The molecule has 0 atom stereocenters. The highest BCUT2D eigenvalue weighted by Crippen LogP contribution is 2.20. The summed E-state index contributed by atoms with van der Waals surface area (Å²) in [6, 6.07) is 19.3. The molecule has 1 N–H and O–H groups in total. The molecule has 0 bridgehead atoms. The number of aromatic nitrogens is 2. The second-order valence-corrected chi connectivity index (χ2v) is 7.46. The van der Waals surface area contributed by atoms with Gasteiger partial charge in [-0.1, -0.05) is 29.8 Å². The number of nitrogens with zero attached hydrogens (tertiary/aromatic N) is 2. The Bertz CT molecular complexity index is 1330. The minimum Gasteiger partial charge on any atom is -0.497 e. The van der Waals surface area contributed by atoms with Crippen LogP contribution >= 0.6 is 11.6 Å². The highest BCUT2D eigenvalue weighted by molar-refractivity contribution is 6.31. The zero-order valence-electron chi connectivity index (χ0n) is 17.1. The fourth-order valence-corrected chi connectivity index (χ4v) is 3.53. The number of ether oxygens (including phenoxy) is 1. The number of anilines is 1. The third-order valence-corrected chi connectivity index (χ3v) is 5.41. The van der Waals surface area contributed by atoms with Crippen molar-refractivity contribution in [3.8, 4) is 5.75 Å². The third kappa shape index (κ3) is 4.29. The molecule has 0 saturated carbocycles. The predicted molar refractivity (Wildman–Crippen MR) is 122 cm³/mol. The van der Waals surface area contributed by atoms with Gasteiger partial charge in [-0.2, -0.15) is 0 Å². The van der Waals surface area contributed by atoms with E-state index in [-0.39, 0.29) is 11.5 Å². The van der Waals surface area contributed by atoms with Crippen molar-refractivity contribution in [1.82, 2.24) is 9.55 Å². The van der Waals surface area contributed by atoms with Crippen molar-refractivity contribution in [2.24, 2.45) is 0 Å². The summed E-state index contributed by atoms with van der Waals surface area (Å²) in [7, 11) is 1.57. The number of fused-ring (bicyclic) bond motifs is 1. The minimum atomic E-state index is -0.279. The van der Waals surface area contributed by atoms with E-state index in [0.717, 1.165) is 5.56 Å². The number of rotatable bonds is 5. The molecule has 0 unspecified atom stereocenters.